The van der Waals surface area contributed by atoms with Crippen molar-refractivity contribution in [3.05, 3.63) is 29.8 Å². The van der Waals surface area contributed by atoms with E-state index in [-0.39, 0.29) is 35.6 Å². The fourth-order valence-electron chi connectivity index (χ4n) is 1.82. The standard InChI is InChI=1S/C16H24O4S/c1-16(2,3)21-15(18)11-14(20-10-9-17)12-5-7-13(19-4)8-6-12/h5-8,14,17H,9-11H2,1-4H3/t14-/m1/s1. The van der Waals surface area contributed by atoms with Crippen molar-refractivity contribution in [2.24, 2.45) is 0 Å². The van der Waals surface area contributed by atoms with E-state index in [4.69, 9.17) is 14.6 Å². The molecule has 0 amide bonds. The Bertz CT molecular complexity index is 437. The van der Waals surface area contributed by atoms with E-state index in [1.165, 1.54) is 11.8 Å². The first kappa shape index (κ1) is 18.0. The Kier molecular flexibility index (Phi) is 7.22. The molecule has 118 valence electrons. The van der Waals surface area contributed by atoms with Gasteiger partial charge in [-0.05, 0) is 17.7 Å². The molecule has 1 aromatic carbocycles. The number of carbonyl (C=O) groups is 1. The minimum atomic E-state index is -0.342. The summed E-state index contributed by atoms with van der Waals surface area (Å²) in [5.74, 6) is 0.759. The summed E-state index contributed by atoms with van der Waals surface area (Å²) >= 11 is 1.31. The zero-order chi connectivity index (χ0) is 15.9. The third kappa shape index (κ3) is 6.98. The van der Waals surface area contributed by atoms with Gasteiger partial charge in [-0.1, -0.05) is 44.7 Å². The Morgan fingerprint density at radius 1 is 1.29 bits per heavy atom. The third-order valence-electron chi connectivity index (χ3n) is 2.67. The molecule has 1 N–H and O–H groups in total. The van der Waals surface area contributed by atoms with Gasteiger partial charge in [0.25, 0.3) is 0 Å². The van der Waals surface area contributed by atoms with Crippen LogP contribution in [0, 0.1) is 0 Å². The van der Waals surface area contributed by atoms with E-state index in [1.54, 1.807) is 7.11 Å². The molecule has 0 saturated heterocycles. The van der Waals surface area contributed by atoms with E-state index in [0.29, 0.717) is 0 Å². The second kappa shape index (κ2) is 8.41. The Balaban J connectivity index is 2.76. The van der Waals surface area contributed by atoms with Gasteiger partial charge in [-0.15, -0.1) is 0 Å². The topological polar surface area (TPSA) is 55.8 Å². The number of ether oxygens (including phenoxy) is 2. The van der Waals surface area contributed by atoms with Crippen LogP contribution < -0.4 is 4.74 Å². The van der Waals surface area contributed by atoms with Crippen LogP contribution in [0.2, 0.25) is 0 Å². The summed E-state index contributed by atoms with van der Waals surface area (Å²) in [4.78, 5) is 12.1. The van der Waals surface area contributed by atoms with Gasteiger partial charge in [-0.25, -0.2) is 0 Å². The van der Waals surface area contributed by atoms with Gasteiger partial charge >= 0.3 is 0 Å². The molecule has 5 heteroatoms. The van der Waals surface area contributed by atoms with E-state index in [9.17, 15) is 4.79 Å². The first-order valence-electron chi connectivity index (χ1n) is 6.94. The maximum atomic E-state index is 12.1. The minimum absolute atomic E-state index is 0.0622. The monoisotopic (exact) mass is 312 g/mol. The highest BCUT2D eigenvalue weighted by Crippen LogP contribution is 2.30. The molecule has 1 rings (SSSR count). The maximum absolute atomic E-state index is 12.1. The van der Waals surface area contributed by atoms with Crippen molar-refractivity contribution >= 4 is 16.9 Å². The van der Waals surface area contributed by atoms with E-state index in [1.807, 2.05) is 45.0 Å². The van der Waals surface area contributed by atoms with E-state index in [0.717, 1.165) is 11.3 Å². The van der Waals surface area contributed by atoms with Crippen molar-refractivity contribution in [3.8, 4) is 5.75 Å². The molecule has 1 aromatic rings. The van der Waals surface area contributed by atoms with Crippen LogP contribution in [0.15, 0.2) is 24.3 Å². The Morgan fingerprint density at radius 3 is 2.38 bits per heavy atom. The predicted octanol–water partition coefficient (Wildman–Crippen LogP) is 3.19. The van der Waals surface area contributed by atoms with Crippen LogP contribution in [0.25, 0.3) is 0 Å². The summed E-state index contributed by atoms with van der Waals surface area (Å²) in [6, 6.07) is 7.45. The van der Waals surface area contributed by atoms with Crippen LogP contribution >= 0.6 is 11.8 Å². The van der Waals surface area contributed by atoms with Gasteiger partial charge in [0, 0.05) is 11.2 Å². The molecule has 0 aliphatic rings. The summed E-state index contributed by atoms with van der Waals surface area (Å²) < 4.78 is 10.6. The second-order valence-corrected chi connectivity index (χ2v) is 7.53. The van der Waals surface area contributed by atoms with Crippen LogP contribution in [0.1, 0.15) is 38.9 Å². The maximum Gasteiger partial charge on any atom is 0.192 e. The summed E-state index contributed by atoms with van der Waals surface area (Å²) in [6.07, 6.45) is -0.0562. The lowest BCUT2D eigenvalue weighted by Gasteiger charge is -2.20. The molecule has 1 atom stereocenters. The molecule has 0 bridgehead atoms. The molecule has 0 aromatic heterocycles. The molecule has 0 unspecified atom stereocenters. The molecule has 0 saturated carbocycles. The summed E-state index contributed by atoms with van der Waals surface area (Å²) in [5, 5.41) is 9.01. The zero-order valence-corrected chi connectivity index (χ0v) is 13.9. The Hall–Kier alpha value is -1.04. The largest absolute Gasteiger partial charge is 0.497 e. The summed E-state index contributed by atoms with van der Waals surface area (Å²) in [5.41, 5.74) is 0.909. The van der Waals surface area contributed by atoms with Crippen molar-refractivity contribution < 1.29 is 19.4 Å². The predicted molar refractivity (Wildman–Crippen MR) is 85.7 cm³/mol. The van der Waals surface area contributed by atoms with Crippen molar-refractivity contribution in [1.29, 1.82) is 0 Å². The van der Waals surface area contributed by atoms with Crippen LogP contribution in [-0.4, -0.2) is 35.3 Å². The number of aliphatic hydroxyl groups excluding tert-OH is 1. The highest BCUT2D eigenvalue weighted by molar-refractivity contribution is 8.14. The summed E-state index contributed by atoms with van der Waals surface area (Å²) in [6.45, 7) is 6.17. The lowest BCUT2D eigenvalue weighted by Crippen LogP contribution is -2.16. The Morgan fingerprint density at radius 2 is 1.90 bits per heavy atom. The van der Waals surface area contributed by atoms with Gasteiger partial charge in [-0.3, -0.25) is 4.79 Å². The fourth-order valence-corrected chi connectivity index (χ4v) is 2.74. The van der Waals surface area contributed by atoms with Gasteiger partial charge in [-0.2, -0.15) is 0 Å². The van der Waals surface area contributed by atoms with Gasteiger partial charge in [0.05, 0.1) is 26.4 Å². The number of rotatable bonds is 7. The number of hydrogen-bond acceptors (Lipinski definition) is 5. The van der Waals surface area contributed by atoms with Crippen LogP contribution in [0.5, 0.6) is 5.75 Å². The lowest BCUT2D eigenvalue weighted by atomic mass is 10.1. The number of methoxy groups -OCH3 is 1. The van der Waals surface area contributed by atoms with Gasteiger partial charge in [0.1, 0.15) is 5.75 Å². The van der Waals surface area contributed by atoms with Gasteiger partial charge in [0.2, 0.25) is 0 Å². The number of aliphatic hydroxyl groups is 1. The van der Waals surface area contributed by atoms with Crippen molar-refractivity contribution in [3.63, 3.8) is 0 Å². The molecule has 0 heterocycles. The number of carbonyl (C=O) groups excluding carboxylic acids is 1. The first-order valence-corrected chi connectivity index (χ1v) is 7.75. The molecule has 0 radical (unpaired) electrons. The first-order chi connectivity index (χ1) is 9.85. The Labute approximate surface area is 130 Å². The van der Waals surface area contributed by atoms with Crippen LogP contribution in [0.4, 0.5) is 0 Å². The average Bonchev–Trinajstić information content (AvgIpc) is 2.41. The van der Waals surface area contributed by atoms with E-state index in [2.05, 4.69) is 0 Å². The lowest BCUT2D eigenvalue weighted by molar-refractivity contribution is -0.114. The van der Waals surface area contributed by atoms with Crippen LogP contribution in [-0.2, 0) is 9.53 Å². The highest BCUT2D eigenvalue weighted by atomic mass is 32.2. The van der Waals surface area contributed by atoms with Gasteiger partial charge in [0.15, 0.2) is 5.12 Å². The van der Waals surface area contributed by atoms with E-state index >= 15 is 0 Å². The van der Waals surface area contributed by atoms with Crippen molar-refractivity contribution in [2.75, 3.05) is 20.3 Å². The average molecular weight is 312 g/mol. The third-order valence-corrected chi connectivity index (χ3v) is 3.68. The fraction of sp³-hybridized carbons (Fsp3) is 0.562. The van der Waals surface area contributed by atoms with E-state index < -0.39 is 0 Å². The zero-order valence-electron chi connectivity index (χ0n) is 13.1. The number of thioether (sulfide) groups is 1. The molecular formula is C16H24O4S. The van der Waals surface area contributed by atoms with Gasteiger partial charge < -0.3 is 14.6 Å². The van der Waals surface area contributed by atoms with Crippen molar-refractivity contribution in [2.45, 2.75) is 38.0 Å². The van der Waals surface area contributed by atoms with Crippen molar-refractivity contribution in [1.82, 2.24) is 0 Å². The molecular weight excluding hydrogens is 288 g/mol. The SMILES string of the molecule is COc1ccc([C@@H](CC(=O)SC(C)(C)C)OCCO)cc1. The minimum Gasteiger partial charge on any atom is -0.497 e. The highest BCUT2D eigenvalue weighted by Gasteiger charge is 2.22. The molecule has 21 heavy (non-hydrogen) atoms. The number of hydrogen-bond donors (Lipinski definition) is 1. The second-order valence-electron chi connectivity index (χ2n) is 5.65. The van der Waals surface area contributed by atoms with Crippen LogP contribution in [0.3, 0.4) is 0 Å². The number of benzene rings is 1. The molecule has 0 aliphatic carbocycles. The summed E-state index contributed by atoms with van der Waals surface area (Å²) in [7, 11) is 1.61. The molecule has 0 spiro atoms. The molecule has 0 fully saturated rings. The smallest absolute Gasteiger partial charge is 0.192 e. The molecule has 4 nitrogen and oxygen atoms in total. The normalized spacial score (nSPS) is 13.0. The molecule has 0 aliphatic heterocycles. The quantitative estimate of drug-likeness (QED) is 0.838.